The van der Waals surface area contributed by atoms with E-state index in [4.69, 9.17) is 10.0 Å². The molecule has 0 saturated carbocycles. The van der Waals surface area contributed by atoms with Gasteiger partial charge in [-0.2, -0.15) is 5.10 Å². The van der Waals surface area contributed by atoms with E-state index in [-0.39, 0.29) is 5.46 Å². The van der Waals surface area contributed by atoms with Crippen LogP contribution in [0.15, 0.2) is 10.8 Å². The Kier molecular flexibility index (Phi) is 3.43. The molecule has 1 aromatic heterocycles. The van der Waals surface area contributed by atoms with Gasteiger partial charge in [-0.15, -0.1) is 11.0 Å². The van der Waals surface area contributed by atoms with Crippen molar-refractivity contribution >= 4 is 28.5 Å². The molecule has 0 amide bonds. The molecule has 0 saturated heterocycles. The smallest absolute Gasteiger partial charge is 0.423 e. The van der Waals surface area contributed by atoms with Gasteiger partial charge in [0.05, 0.1) is 11.8 Å². The van der Waals surface area contributed by atoms with E-state index in [0.717, 1.165) is 0 Å². The first-order valence-electron chi connectivity index (χ1n) is 3.46. The minimum Gasteiger partial charge on any atom is -0.423 e. The van der Waals surface area contributed by atoms with Crippen molar-refractivity contribution < 1.29 is 10.0 Å². The molecule has 2 N–H and O–H groups in total. The second kappa shape index (κ2) is 4.37. The Morgan fingerprint density at radius 1 is 1.54 bits per heavy atom. The molecule has 1 aromatic rings. The number of nitrogens with zero attached hydrogens (tertiary/aromatic N) is 2. The zero-order chi connectivity index (χ0) is 9.84. The van der Waals surface area contributed by atoms with E-state index in [0.29, 0.717) is 10.2 Å². The maximum atomic E-state index is 8.95. The lowest BCUT2D eigenvalue weighted by Gasteiger charge is -2.02. The van der Waals surface area contributed by atoms with Gasteiger partial charge < -0.3 is 10.0 Å². The number of halogens is 1. The first-order chi connectivity index (χ1) is 6.16. The zero-order valence-corrected chi connectivity index (χ0v) is 8.41. The van der Waals surface area contributed by atoms with Crippen molar-refractivity contribution in [1.29, 1.82) is 0 Å². The maximum absolute atomic E-state index is 8.95. The summed E-state index contributed by atoms with van der Waals surface area (Å²) in [5, 5.41) is 25.2. The Balaban J connectivity index is 3.31. The summed E-state index contributed by atoms with van der Waals surface area (Å²) in [4.78, 5) is 0. The number of rotatable bonds is 1. The SMILES string of the molecule is CC#Cc1c(B(O)O)cnnc1Br. The van der Waals surface area contributed by atoms with E-state index in [1.54, 1.807) is 6.92 Å². The Hall–Kier alpha value is -0.895. The van der Waals surface area contributed by atoms with Crippen molar-refractivity contribution in [2.45, 2.75) is 6.92 Å². The summed E-state index contributed by atoms with van der Waals surface area (Å²) in [7, 11) is -1.58. The first-order valence-corrected chi connectivity index (χ1v) is 4.26. The van der Waals surface area contributed by atoms with Crippen molar-refractivity contribution in [1.82, 2.24) is 10.2 Å². The van der Waals surface area contributed by atoms with Crippen molar-refractivity contribution in [2.24, 2.45) is 0 Å². The summed E-state index contributed by atoms with van der Waals surface area (Å²) in [6, 6.07) is 0. The van der Waals surface area contributed by atoms with Gasteiger partial charge in [-0.3, -0.25) is 0 Å². The lowest BCUT2D eigenvalue weighted by molar-refractivity contribution is 0.425. The van der Waals surface area contributed by atoms with Crippen molar-refractivity contribution in [2.75, 3.05) is 0 Å². The first kappa shape index (κ1) is 10.2. The molecule has 0 aromatic carbocycles. The molecule has 0 bridgehead atoms. The average Bonchev–Trinajstić information content (AvgIpc) is 2.08. The van der Waals surface area contributed by atoms with Crippen LogP contribution in [-0.2, 0) is 0 Å². The minimum atomic E-state index is -1.58. The van der Waals surface area contributed by atoms with Crippen molar-refractivity contribution in [3.63, 3.8) is 0 Å². The summed E-state index contributed by atoms with van der Waals surface area (Å²) in [5.74, 6) is 5.36. The van der Waals surface area contributed by atoms with Gasteiger partial charge >= 0.3 is 7.12 Å². The fourth-order valence-corrected chi connectivity index (χ4v) is 1.24. The molecule has 13 heavy (non-hydrogen) atoms. The van der Waals surface area contributed by atoms with E-state index in [1.807, 2.05) is 0 Å². The highest BCUT2D eigenvalue weighted by atomic mass is 79.9. The van der Waals surface area contributed by atoms with Gasteiger partial charge in [-0.1, -0.05) is 5.92 Å². The Morgan fingerprint density at radius 3 is 2.77 bits per heavy atom. The van der Waals surface area contributed by atoms with Crippen LogP contribution >= 0.6 is 15.9 Å². The quantitative estimate of drug-likeness (QED) is 0.503. The third kappa shape index (κ3) is 2.28. The summed E-state index contributed by atoms with van der Waals surface area (Å²) in [5.41, 5.74) is 0.698. The van der Waals surface area contributed by atoms with Gasteiger partial charge in [-0.05, 0) is 22.9 Å². The van der Waals surface area contributed by atoms with Crippen LogP contribution in [0.4, 0.5) is 0 Å². The fraction of sp³-hybridized carbons (Fsp3) is 0.143. The van der Waals surface area contributed by atoms with Gasteiger partial charge in [0.15, 0.2) is 0 Å². The van der Waals surface area contributed by atoms with Gasteiger partial charge in [0.25, 0.3) is 0 Å². The highest BCUT2D eigenvalue weighted by Crippen LogP contribution is 2.08. The predicted molar refractivity (Wildman–Crippen MR) is 52.1 cm³/mol. The Morgan fingerprint density at radius 2 is 2.23 bits per heavy atom. The topological polar surface area (TPSA) is 66.2 Å². The van der Waals surface area contributed by atoms with Crippen LogP contribution in [0.5, 0.6) is 0 Å². The van der Waals surface area contributed by atoms with Crippen LogP contribution in [-0.4, -0.2) is 27.4 Å². The molecule has 6 heteroatoms. The molecule has 1 rings (SSSR count). The lowest BCUT2D eigenvalue weighted by Crippen LogP contribution is -2.33. The van der Waals surface area contributed by atoms with E-state index in [9.17, 15) is 0 Å². The fourth-order valence-electron chi connectivity index (χ4n) is 0.820. The average molecular weight is 241 g/mol. The Labute approximate surface area is 84.3 Å². The maximum Gasteiger partial charge on any atom is 0.491 e. The van der Waals surface area contributed by atoms with Gasteiger partial charge in [0, 0.05) is 5.46 Å². The third-order valence-corrected chi connectivity index (χ3v) is 1.92. The minimum absolute atomic E-state index is 0.247. The summed E-state index contributed by atoms with van der Waals surface area (Å²) in [6.07, 6.45) is 1.27. The van der Waals surface area contributed by atoms with Crippen molar-refractivity contribution in [3.8, 4) is 11.8 Å². The van der Waals surface area contributed by atoms with Gasteiger partial charge in [0.2, 0.25) is 0 Å². The standard InChI is InChI=1S/C7H6BBrN2O2/c1-2-3-5-6(8(12)13)4-10-11-7(5)9/h4,12-13H,1H3. The molecule has 66 valence electrons. The molecule has 0 aliphatic heterocycles. The monoisotopic (exact) mass is 240 g/mol. The Bertz CT molecular complexity index is 372. The molecule has 0 radical (unpaired) electrons. The van der Waals surface area contributed by atoms with Crippen LogP contribution in [0.3, 0.4) is 0 Å². The molecule has 0 unspecified atom stereocenters. The molecule has 0 aliphatic rings. The second-order valence-electron chi connectivity index (χ2n) is 2.21. The molecule has 0 aliphatic carbocycles. The molecule has 0 spiro atoms. The van der Waals surface area contributed by atoms with Crippen LogP contribution in [0.2, 0.25) is 0 Å². The van der Waals surface area contributed by atoms with Crippen LogP contribution < -0.4 is 5.46 Å². The van der Waals surface area contributed by atoms with Gasteiger partial charge in [0.1, 0.15) is 4.60 Å². The molecule has 0 fully saturated rings. The summed E-state index contributed by atoms with van der Waals surface area (Å²) in [6.45, 7) is 1.65. The normalized spacial score (nSPS) is 8.92. The number of hydrogen-bond acceptors (Lipinski definition) is 4. The van der Waals surface area contributed by atoms with Crippen LogP contribution in [0.1, 0.15) is 12.5 Å². The van der Waals surface area contributed by atoms with E-state index >= 15 is 0 Å². The molecule has 0 atom stereocenters. The predicted octanol–water partition coefficient (Wildman–Crippen LogP) is -0.710. The molecular formula is C7H6BBrN2O2. The van der Waals surface area contributed by atoms with E-state index in [1.165, 1.54) is 6.20 Å². The highest BCUT2D eigenvalue weighted by molar-refractivity contribution is 9.10. The second-order valence-corrected chi connectivity index (χ2v) is 2.97. The lowest BCUT2D eigenvalue weighted by atomic mass is 9.79. The summed E-state index contributed by atoms with van der Waals surface area (Å²) < 4.78 is 0.410. The summed E-state index contributed by atoms with van der Waals surface area (Å²) >= 11 is 3.12. The van der Waals surface area contributed by atoms with Crippen LogP contribution in [0.25, 0.3) is 0 Å². The largest absolute Gasteiger partial charge is 0.491 e. The molecular weight excluding hydrogens is 235 g/mol. The van der Waals surface area contributed by atoms with Crippen molar-refractivity contribution in [3.05, 3.63) is 16.4 Å². The molecule has 1 heterocycles. The number of hydrogen-bond donors (Lipinski definition) is 2. The third-order valence-electron chi connectivity index (χ3n) is 1.37. The van der Waals surface area contributed by atoms with E-state index in [2.05, 4.69) is 38.0 Å². The van der Waals surface area contributed by atoms with Gasteiger partial charge in [-0.25, -0.2) is 0 Å². The zero-order valence-electron chi connectivity index (χ0n) is 6.82. The molecule has 4 nitrogen and oxygen atoms in total. The highest BCUT2D eigenvalue weighted by Gasteiger charge is 2.18. The van der Waals surface area contributed by atoms with E-state index < -0.39 is 7.12 Å². The number of aromatic nitrogens is 2. The van der Waals surface area contributed by atoms with Crippen LogP contribution in [0, 0.1) is 11.8 Å².